The molecule has 0 bridgehead atoms. The number of nitrogens with one attached hydrogen (secondary N) is 2. The van der Waals surface area contributed by atoms with E-state index in [4.69, 9.17) is 4.74 Å². The van der Waals surface area contributed by atoms with Gasteiger partial charge in [0.05, 0.1) is 17.7 Å². The monoisotopic (exact) mass is 385 g/mol. The summed E-state index contributed by atoms with van der Waals surface area (Å²) in [5.41, 5.74) is -0.0156. The quantitative estimate of drug-likeness (QED) is 0.382. The van der Waals surface area contributed by atoms with Crippen molar-refractivity contribution in [2.45, 2.75) is 13.3 Å². The number of aromatic nitrogens is 2. The maximum atomic E-state index is 12.7. The van der Waals surface area contributed by atoms with Crippen LogP contribution in [0.4, 0.5) is 5.00 Å². The molecule has 0 fully saturated rings. The Morgan fingerprint density at radius 3 is 2.78 bits per heavy atom. The van der Waals surface area contributed by atoms with Crippen LogP contribution in [0, 0.1) is 0 Å². The zero-order chi connectivity index (χ0) is 19.4. The van der Waals surface area contributed by atoms with Gasteiger partial charge in [-0.25, -0.2) is 4.79 Å². The van der Waals surface area contributed by atoms with Gasteiger partial charge in [-0.2, -0.15) is 4.98 Å². The Kier molecular flexibility index (Phi) is 5.41. The van der Waals surface area contributed by atoms with Crippen LogP contribution in [0.5, 0.6) is 0 Å². The lowest BCUT2D eigenvalue weighted by Gasteiger charge is -2.07. The summed E-state index contributed by atoms with van der Waals surface area (Å²) < 4.78 is 4.77. The first kappa shape index (κ1) is 18.5. The molecule has 0 aliphatic rings. The highest BCUT2D eigenvalue weighted by molar-refractivity contribution is 7.14. The molecule has 3 rings (SSSR count). The minimum atomic E-state index is -0.649. The van der Waals surface area contributed by atoms with E-state index in [9.17, 15) is 19.2 Å². The summed E-state index contributed by atoms with van der Waals surface area (Å²) in [7, 11) is 0. The number of aromatic amines is 1. The second kappa shape index (κ2) is 7.92. The number of carbonyl (C=O) groups excluding carboxylic acids is 3. The number of ketones is 1. The number of nitrogens with zero attached hydrogens (tertiary/aromatic N) is 1. The van der Waals surface area contributed by atoms with E-state index in [1.807, 2.05) is 0 Å². The summed E-state index contributed by atoms with van der Waals surface area (Å²) in [5, 5.41) is 4.98. The van der Waals surface area contributed by atoms with Crippen molar-refractivity contribution in [3.05, 3.63) is 57.5 Å². The molecule has 0 atom stereocenters. The summed E-state index contributed by atoms with van der Waals surface area (Å²) in [6, 6.07) is 8.29. The Labute approximate surface area is 157 Å². The molecule has 1 aromatic carbocycles. The Morgan fingerprint density at radius 1 is 1.22 bits per heavy atom. The van der Waals surface area contributed by atoms with Crippen LogP contribution in [0.1, 0.15) is 34.2 Å². The smallest absolute Gasteiger partial charge is 0.346 e. The number of amides is 1. The largest absolute Gasteiger partial charge is 0.466 e. The van der Waals surface area contributed by atoms with Crippen LogP contribution in [-0.4, -0.2) is 34.2 Å². The van der Waals surface area contributed by atoms with Crippen molar-refractivity contribution in [3.8, 4) is 0 Å². The number of fused-ring (bicyclic) bond motifs is 1. The summed E-state index contributed by atoms with van der Waals surface area (Å²) >= 11 is 1.13. The fraction of sp³-hybridized carbons (Fsp3) is 0.167. The molecule has 138 valence electrons. The number of benzene rings is 1. The first-order valence-electron chi connectivity index (χ1n) is 8.06. The Hall–Kier alpha value is -3.33. The van der Waals surface area contributed by atoms with Crippen LogP contribution in [0.2, 0.25) is 0 Å². The lowest BCUT2D eigenvalue weighted by Crippen LogP contribution is -2.21. The molecule has 8 nitrogen and oxygen atoms in total. The molecule has 2 heterocycles. The van der Waals surface area contributed by atoms with Gasteiger partial charge >= 0.3 is 11.7 Å². The third-order valence-electron chi connectivity index (χ3n) is 3.66. The van der Waals surface area contributed by atoms with Gasteiger partial charge in [-0.15, -0.1) is 11.3 Å². The number of ether oxygens (including phenoxy) is 1. The maximum absolute atomic E-state index is 12.7. The molecule has 0 saturated carbocycles. The van der Waals surface area contributed by atoms with Crippen LogP contribution in [0.25, 0.3) is 10.9 Å². The molecular formula is C18H15N3O5S. The second-order valence-corrected chi connectivity index (χ2v) is 6.37. The SMILES string of the molecule is CCOC(=O)CC(=O)c1ccsc1NC(=O)c1nc(=O)[nH]c2ccccc12. The number of esters is 1. The third kappa shape index (κ3) is 4.09. The van der Waals surface area contributed by atoms with E-state index in [0.29, 0.717) is 10.9 Å². The topological polar surface area (TPSA) is 118 Å². The number of Topliss-reactive ketones (excluding diaryl/α,β-unsaturated/α-hetero) is 1. The van der Waals surface area contributed by atoms with Gasteiger partial charge in [-0.1, -0.05) is 18.2 Å². The summed E-state index contributed by atoms with van der Waals surface area (Å²) in [4.78, 5) is 54.5. The fourth-order valence-electron chi connectivity index (χ4n) is 2.50. The van der Waals surface area contributed by atoms with Crippen molar-refractivity contribution in [3.63, 3.8) is 0 Å². The van der Waals surface area contributed by atoms with Crippen molar-refractivity contribution in [2.75, 3.05) is 11.9 Å². The number of rotatable bonds is 6. The predicted octanol–water partition coefficient (Wildman–Crippen LogP) is 2.37. The minimum absolute atomic E-state index is 0.0495. The highest BCUT2D eigenvalue weighted by Crippen LogP contribution is 2.26. The molecule has 0 spiro atoms. The van der Waals surface area contributed by atoms with Gasteiger partial charge in [-0.05, 0) is 24.4 Å². The van der Waals surface area contributed by atoms with Gasteiger partial charge in [0.25, 0.3) is 5.91 Å². The first-order chi connectivity index (χ1) is 13.0. The van der Waals surface area contributed by atoms with Gasteiger partial charge in [0.15, 0.2) is 5.78 Å². The molecule has 0 unspecified atom stereocenters. The van der Waals surface area contributed by atoms with E-state index in [1.165, 1.54) is 6.07 Å². The molecule has 2 aromatic heterocycles. The average Bonchev–Trinajstić information content (AvgIpc) is 3.09. The van der Waals surface area contributed by atoms with Gasteiger partial charge in [0, 0.05) is 5.39 Å². The van der Waals surface area contributed by atoms with E-state index in [-0.39, 0.29) is 22.9 Å². The highest BCUT2D eigenvalue weighted by Gasteiger charge is 2.20. The van der Waals surface area contributed by atoms with Crippen molar-refractivity contribution >= 4 is 44.9 Å². The van der Waals surface area contributed by atoms with E-state index in [1.54, 1.807) is 36.6 Å². The molecule has 3 aromatic rings. The third-order valence-corrected chi connectivity index (χ3v) is 4.48. The summed E-state index contributed by atoms with van der Waals surface area (Å²) in [6.07, 6.45) is -0.417. The number of anilines is 1. The lowest BCUT2D eigenvalue weighted by molar-refractivity contribution is -0.141. The predicted molar refractivity (Wildman–Crippen MR) is 100 cm³/mol. The Bertz CT molecular complexity index is 1090. The van der Waals surface area contributed by atoms with E-state index in [0.717, 1.165) is 11.3 Å². The van der Waals surface area contributed by atoms with Crippen molar-refractivity contribution < 1.29 is 19.1 Å². The van der Waals surface area contributed by atoms with Crippen LogP contribution in [0.15, 0.2) is 40.5 Å². The zero-order valence-electron chi connectivity index (χ0n) is 14.3. The second-order valence-electron chi connectivity index (χ2n) is 5.46. The minimum Gasteiger partial charge on any atom is -0.466 e. The summed E-state index contributed by atoms with van der Waals surface area (Å²) in [5.74, 6) is -1.72. The van der Waals surface area contributed by atoms with Gasteiger partial charge in [-0.3, -0.25) is 14.4 Å². The summed E-state index contributed by atoms with van der Waals surface area (Å²) in [6.45, 7) is 1.83. The zero-order valence-corrected chi connectivity index (χ0v) is 15.1. The van der Waals surface area contributed by atoms with Crippen molar-refractivity contribution in [2.24, 2.45) is 0 Å². The van der Waals surface area contributed by atoms with Crippen molar-refractivity contribution in [1.29, 1.82) is 0 Å². The van der Waals surface area contributed by atoms with Crippen LogP contribution in [-0.2, 0) is 9.53 Å². The fourth-order valence-corrected chi connectivity index (χ4v) is 3.30. The molecule has 0 aliphatic heterocycles. The number of para-hydroxylation sites is 1. The first-order valence-corrected chi connectivity index (χ1v) is 8.94. The van der Waals surface area contributed by atoms with Crippen LogP contribution < -0.4 is 11.0 Å². The molecule has 0 saturated heterocycles. The Morgan fingerprint density at radius 2 is 2.00 bits per heavy atom. The molecule has 1 amide bonds. The van der Waals surface area contributed by atoms with E-state index in [2.05, 4.69) is 15.3 Å². The number of H-pyrrole nitrogens is 1. The van der Waals surface area contributed by atoms with Crippen molar-refractivity contribution in [1.82, 2.24) is 9.97 Å². The number of thiophene rings is 1. The average molecular weight is 385 g/mol. The van der Waals surface area contributed by atoms with Gasteiger partial charge < -0.3 is 15.0 Å². The molecule has 0 radical (unpaired) electrons. The molecular weight excluding hydrogens is 370 g/mol. The molecule has 0 aliphatic carbocycles. The normalized spacial score (nSPS) is 10.6. The van der Waals surface area contributed by atoms with E-state index >= 15 is 0 Å². The van der Waals surface area contributed by atoms with Gasteiger partial charge in [0.1, 0.15) is 17.1 Å². The van der Waals surface area contributed by atoms with Gasteiger partial charge in [0.2, 0.25) is 0 Å². The number of hydrogen-bond acceptors (Lipinski definition) is 7. The molecule has 2 N–H and O–H groups in total. The maximum Gasteiger partial charge on any atom is 0.346 e. The number of carbonyl (C=O) groups is 3. The molecule has 27 heavy (non-hydrogen) atoms. The molecule has 9 heteroatoms. The van der Waals surface area contributed by atoms with E-state index < -0.39 is 29.8 Å². The highest BCUT2D eigenvalue weighted by atomic mass is 32.1. The number of hydrogen-bond donors (Lipinski definition) is 2. The lowest BCUT2D eigenvalue weighted by atomic mass is 10.1. The standard InChI is InChI=1S/C18H15N3O5S/c1-2-26-14(23)9-13(22)11-7-8-27-17(11)21-16(24)15-10-5-3-4-6-12(10)19-18(25)20-15/h3-8H,2,9H2,1H3,(H,21,24)(H,19,20,25). The van der Waals surface area contributed by atoms with Crippen LogP contribution >= 0.6 is 11.3 Å². The Balaban J connectivity index is 1.86. The van der Waals surface area contributed by atoms with Crippen LogP contribution in [0.3, 0.4) is 0 Å².